The summed E-state index contributed by atoms with van der Waals surface area (Å²) in [5.74, 6) is -0.924. The summed E-state index contributed by atoms with van der Waals surface area (Å²) < 4.78 is 232. The SMILES string of the molecule is C[C@@H]1OP(=O)(O)O[C@@H]2[C@H](F)[C@@H](COP(=O)(O)O[C@@H]3[C@H](O)[C@@H]1O[C@H]3n1cnc3c(N)ccnc31)O[C@H]2n1cnc2c(=O)[nH]c(N)nc21.C[C@H]1OP(=O)(O)O[C@@H]2[C@H](F)[C@@H](COP(=O)(O)O[C@@H]3[C@H](O)[C@@H]1O[C@H]3n1cnc3c(N)ccnc31)O[C@H]2n1cnc2c(=O)[nH]c(N)nc21.Nc1nc2c(ncn2[C@@H]2O[C@@H]3COP(=O)(O)O[C@@H]4C[C@@H](COP(=O)(O)O[C@@H]2[C@@H]3F)O[C@H]4n2cnc3c(N)ccnc32)c(=O)[nH]1. The number of H-pyrrole nitrogens is 3. The van der Waals surface area contributed by atoms with Crippen LogP contribution >= 0.6 is 46.9 Å². The number of nitrogens with zero attached hydrogens (tertiary/aromatic N) is 18. The summed E-state index contributed by atoms with van der Waals surface area (Å²) in [6.45, 7) is -0.871. The molecule has 9 saturated heterocycles. The monoisotopic (exact) mass is 2040 g/mol. The Hall–Kier alpha value is -10.2. The first-order valence-corrected chi connectivity index (χ1v) is 48.9. The Kier molecular flexibility index (Phi) is 24.8. The van der Waals surface area contributed by atoms with Gasteiger partial charge >= 0.3 is 46.9 Å². The summed E-state index contributed by atoms with van der Waals surface area (Å²) in [6, 6.07) is 4.52. The van der Waals surface area contributed by atoms with E-state index in [0.29, 0.717) is 11.2 Å². The van der Waals surface area contributed by atoms with Crippen LogP contribution in [0.4, 0.5) is 48.1 Å². The summed E-state index contributed by atoms with van der Waals surface area (Å²) in [5, 5.41) is 22.4. The van der Waals surface area contributed by atoms with E-state index < -0.39 is 244 Å². The molecular weight excluding hydrogens is 1960 g/mol. The number of aliphatic hydroxyl groups excluding tert-OH is 2. The summed E-state index contributed by atoms with van der Waals surface area (Å²) in [5.41, 5.74) is 33.8. The molecule has 62 nitrogen and oxygen atoms in total. The van der Waals surface area contributed by atoms with Crippen LogP contribution in [0.2, 0.25) is 0 Å². The number of alkyl halides is 3. The van der Waals surface area contributed by atoms with Crippen molar-refractivity contribution in [3.05, 3.63) is 106 Å². The van der Waals surface area contributed by atoms with E-state index in [0.717, 1.165) is 32.7 Å². The van der Waals surface area contributed by atoms with Crippen molar-refractivity contribution in [2.75, 3.05) is 60.8 Å². The van der Waals surface area contributed by atoms with Crippen molar-refractivity contribution < 1.29 is 163 Å². The number of hydrogen-bond donors (Lipinski definition) is 17. The number of phosphoric ester groups is 6. The predicted octanol–water partition coefficient (Wildman–Crippen LogP) is -0.472. The molecule has 0 spiro atoms. The van der Waals surface area contributed by atoms with Gasteiger partial charge in [0.2, 0.25) is 17.8 Å². The summed E-state index contributed by atoms with van der Waals surface area (Å²) in [4.78, 5) is 157. The summed E-state index contributed by atoms with van der Waals surface area (Å²) in [7, 11) is -30.7. The molecule has 6 unspecified atom stereocenters. The maximum absolute atomic E-state index is 15.9. The number of phosphoric acid groups is 6. The number of aromatic amines is 3. The minimum atomic E-state index is -5.22. The van der Waals surface area contributed by atoms with Gasteiger partial charge in [0.1, 0.15) is 95.9 Å². The third-order valence-electron chi connectivity index (χ3n) is 22.6. The number of aliphatic hydroxyl groups is 2. The number of ether oxygens (including phenoxy) is 6. The Bertz CT molecular complexity index is 6890. The summed E-state index contributed by atoms with van der Waals surface area (Å²) >= 11 is 0. The predicted molar refractivity (Wildman–Crippen MR) is 441 cm³/mol. The first-order valence-electron chi connectivity index (χ1n) is 40.0. The van der Waals surface area contributed by atoms with Crippen molar-refractivity contribution in [2.24, 2.45) is 0 Å². The van der Waals surface area contributed by atoms with E-state index >= 15 is 13.2 Å². The van der Waals surface area contributed by atoms with Crippen LogP contribution in [0.3, 0.4) is 0 Å². The maximum Gasteiger partial charge on any atom is 0.473 e. The number of anilines is 6. The summed E-state index contributed by atoms with van der Waals surface area (Å²) in [6.07, 6.45) is -30.5. The Morgan fingerprint density at radius 2 is 0.618 bits per heavy atom. The van der Waals surface area contributed by atoms with E-state index in [2.05, 4.69) is 74.8 Å². The largest absolute Gasteiger partial charge is 0.473 e. The molecule has 0 saturated carbocycles. The molecule has 9 aliphatic heterocycles. The van der Waals surface area contributed by atoms with Crippen molar-refractivity contribution in [2.45, 2.75) is 174 Å². The number of nitrogen functional groups attached to an aromatic ring is 6. The highest BCUT2D eigenvalue weighted by Crippen LogP contribution is 2.60. The normalized spacial score (nSPS) is 38.1. The Balaban J connectivity index is 0.000000131. The van der Waals surface area contributed by atoms with Gasteiger partial charge in [-0.15, -0.1) is 0 Å². The number of aromatic nitrogens is 21. The molecule has 23 N–H and O–H groups in total. The Labute approximate surface area is 751 Å². The van der Waals surface area contributed by atoms with Crippen molar-refractivity contribution in [3.63, 3.8) is 0 Å². The second-order valence-corrected chi connectivity index (χ2v) is 39.8. The van der Waals surface area contributed by atoms with E-state index in [4.69, 9.17) is 117 Å². The number of nitrogens with two attached hydrogens (primary N) is 6. The fourth-order valence-electron chi connectivity index (χ4n) is 16.6. The van der Waals surface area contributed by atoms with Gasteiger partial charge in [-0.3, -0.25) is 111 Å². The zero-order valence-electron chi connectivity index (χ0n) is 68.8. The van der Waals surface area contributed by atoms with Crippen LogP contribution < -0.4 is 51.1 Å². The zero-order valence-corrected chi connectivity index (χ0v) is 74.2. The van der Waals surface area contributed by atoms with Gasteiger partial charge in [-0.25, -0.2) is 85.4 Å². The number of halogens is 3. The molecular formula is C65H76F3N27O35P6. The van der Waals surface area contributed by atoms with Crippen LogP contribution in [-0.2, 0) is 110 Å². The molecule has 31 atom stereocenters. The third-order valence-corrected chi connectivity index (χ3v) is 28.8. The van der Waals surface area contributed by atoms with E-state index in [1.165, 1.54) is 83.3 Å². The third kappa shape index (κ3) is 18.0. The van der Waals surface area contributed by atoms with Crippen LogP contribution in [-0.4, -0.2) is 284 Å². The average molecular weight is 2040 g/mol. The maximum atomic E-state index is 15.9. The van der Waals surface area contributed by atoms with Gasteiger partial charge in [-0.1, -0.05) is 0 Å². The van der Waals surface area contributed by atoms with Crippen LogP contribution in [0.1, 0.15) is 57.6 Å². The highest BCUT2D eigenvalue weighted by molar-refractivity contribution is 7.48. The van der Waals surface area contributed by atoms with E-state index in [1.807, 2.05) is 0 Å². The van der Waals surface area contributed by atoms with Gasteiger partial charge in [0.05, 0.1) is 99.8 Å². The molecule has 0 amide bonds. The van der Waals surface area contributed by atoms with E-state index in [9.17, 15) is 81.3 Å². The van der Waals surface area contributed by atoms with Gasteiger partial charge < -0.3 is 102 Å². The number of imidazole rings is 6. The van der Waals surface area contributed by atoms with Crippen molar-refractivity contribution in [1.82, 2.24) is 102 Å². The van der Waals surface area contributed by atoms with Gasteiger partial charge in [-0.2, -0.15) is 15.0 Å². The quantitative estimate of drug-likeness (QED) is 0.0936. The van der Waals surface area contributed by atoms with Gasteiger partial charge in [0.15, 0.2) is 106 Å². The second-order valence-electron chi connectivity index (χ2n) is 31.5. The fraction of sp³-hybridized carbons (Fsp3) is 0.492. The number of hydrogen-bond acceptors (Lipinski definition) is 47. The lowest BCUT2D eigenvalue weighted by Gasteiger charge is -2.28. The molecule has 136 heavy (non-hydrogen) atoms. The standard InChI is InChI=1S/2C22H26FN9O12P2.C21H24FN9O11P2/c2*1-7-14-13(33)16(21(41-14)31-5-27-11-8(24)2-3-26-17(11)31)44-45(35,36)39-4-9-10(23)15(43-46(37,38)42-7)20(40-9)32-6-28-12-18(32)29-22(25)30-19(12)34;22-12-11-5-38-43(33,34)41-10-3-8(39-19(10)30-6-26-13-9(23)1-2-25-16(13)30)4-37-44(35,36)42-15(12)20(40-11)31-7-27-14-17(31)28-21(24)29-18(14)32/h2*2-3,5-7,9-10,13-16,20-21,33H,4H2,1H3,(H2,24,26)(H,35,36)(H,37,38)(H3,25,29,30,34);1-2,6-8,10-12,15,19-20H,3-5H2,(H2,23,25)(H,33,34)(H,35,36)(H3,24,28,29,32)/t7-,9+,10+,13+,14+,15+,16+,20+,21+;7-,9-,10-,13-,14-,15-,16-,20-,21-;8-,10+,11+,12+,15+,19+,20+/m010/s1. The van der Waals surface area contributed by atoms with E-state index in [-0.39, 0.29) is 97.1 Å². The molecule has 21 rings (SSSR count). The molecule has 71 heteroatoms. The number of fused-ring (bicyclic) bond motifs is 18. The topological polar surface area (TPSA) is 869 Å². The molecule has 732 valence electrons. The highest BCUT2D eigenvalue weighted by Gasteiger charge is 2.60. The Morgan fingerprint density at radius 1 is 0.338 bits per heavy atom. The van der Waals surface area contributed by atoms with Gasteiger partial charge in [0.25, 0.3) is 16.7 Å². The Morgan fingerprint density at radius 3 is 0.956 bits per heavy atom. The van der Waals surface area contributed by atoms with Gasteiger partial charge in [0, 0.05) is 25.0 Å². The van der Waals surface area contributed by atoms with E-state index in [1.54, 1.807) is 0 Å². The molecule has 12 aromatic heterocycles. The lowest BCUT2D eigenvalue weighted by molar-refractivity contribution is -0.0856. The molecule has 0 radical (unpaired) electrons. The average Bonchev–Trinajstić information content (AvgIpc) is 1.61. The molecule has 0 aliphatic carbocycles. The lowest BCUT2D eigenvalue weighted by atomic mass is 10.1. The number of nitrogens with one attached hydrogen (secondary N) is 3. The smallest absolute Gasteiger partial charge is 0.397 e. The number of rotatable bonds is 6. The molecule has 12 aromatic rings. The molecule has 9 aliphatic rings. The van der Waals surface area contributed by atoms with Crippen LogP contribution in [0.5, 0.6) is 0 Å². The molecule has 21 heterocycles. The second kappa shape index (κ2) is 35.6. The lowest BCUT2D eigenvalue weighted by Crippen LogP contribution is -2.40. The first kappa shape index (κ1) is 94.8. The molecule has 12 bridgehead atoms. The van der Waals surface area contributed by atoms with Crippen LogP contribution in [0.25, 0.3) is 67.0 Å². The van der Waals surface area contributed by atoms with Crippen LogP contribution in [0, 0.1) is 0 Å². The van der Waals surface area contributed by atoms with Crippen LogP contribution in [0.15, 0.2) is 89.1 Å². The first-order chi connectivity index (χ1) is 64.3. The highest BCUT2D eigenvalue weighted by atomic mass is 31.2. The van der Waals surface area contributed by atoms with Crippen molar-refractivity contribution >= 4 is 149 Å². The van der Waals surface area contributed by atoms with Gasteiger partial charge in [-0.05, 0) is 32.0 Å². The fourth-order valence-corrected chi connectivity index (χ4v) is 22.6. The number of pyridine rings is 3. The van der Waals surface area contributed by atoms with Crippen molar-refractivity contribution in [1.29, 1.82) is 0 Å². The van der Waals surface area contributed by atoms with Crippen molar-refractivity contribution in [3.8, 4) is 0 Å². The molecule has 9 fully saturated rings. The molecule has 0 aromatic carbocycles. The minimum Gasteiger partial charge on any atom is -0.397 e. The zero-order chi connectivity index (χ0) is 96.4. The minimum absolute atomic E-state index is 0.110.